The van der Waals surface area contributed by atoms with E-state index in [9.17, 15) is 0 Å². The van der Waals surface area contributed by atoms with Gasteiger partial charge in [-0.05, 0) is 29.8 Å². The number of nitrogens with zero attached hydrogens (tertiary/aromatic N) is 2. The van der Waals surface area contributed by atoms with Crippen molar-refractivity contribution in [1.82, 2.24) is 4.57 Å². The highest BCUT2D eigenvalue weighted by molar-refractivity contribution is 8.93. The first-order valence-electron chi connectivity index (χ1n) is 8.89. The summed E-state index contributed by atoms with van der Waals surface area (Å²) >= 11 is 1.78. The van der Waals surface area contributed by atoms with Crippen molar-refractivity contribution in [3.8, 4) is 5.69 Å². The summed E-state index contributed by atoms with van der Waals surface area (Å²) in [5, 5.41) is 5.17. The molecule has 0 radical (unpaired) electrons. The molecule has 0 saturated heterocycles. The summed E-state index contributed by atoms with van der Waals surface area (Å²) in [7, 11) is 0. The van der Waals surface area contributed by atoms with Gasteiger partial charge in [-0.3, -0.25) is 9.56 Å². The van der Waals surface area contributed by atoms with E-state index in [1.807, 2.05) is 0 Å². The zero-order valence-electron chi connectivity index (χ0n) is 14.9. The summed E-state index contributed by atoms with van der Waals surface area (Å²) in [5.41, 5.74) is 2.41. The molecule has 4 heteroatoms. The van der Waals surface area contributed by atoms with Crippen LogP contribution in [0.15, 0.2) is 83.9 Å². The first kappa shape index (κ1) is 18.0. The van der Waals surface area contributed by atoms with Gasteiger partial charge in [-0.2, -0.15) is 0 Å². The monoisotopic (exact) mass is 434 g/mol. The van der Waals surface area contributed by atoms with Crippen molar-refractivity contribution in [3.05, 3.63) is 83.7 Å². The number of benzene rings is 4. The van der Waals surface area contributed by atoms with Gasteiger partial charge >= 0.3 is 0 Å². The molecule has 0 aliphatic carbocycles. The molecule has 1 heterocycles. The van der Waals surface area contributed by atoms with Gasteiger partial charge in [0.05, 0.1) is 10.2 Å². The summed E-state index contributed by atoms with van der Waals surface area (Å²) in [5.74, 6) is 0. The molecule has 0 fully saturated rings. The van der Waals surface area contributed by atoms with Crippen LogP contribution in [0.25, 0.3) is 37.4 Å². The molecule has 0 unspecified atom stereocenters. The Morgan fingerprint density at radius 2 is 1.30 bits per heavy atom. The Balaban J connectivity index is 0.00000180. The molecule has 5 aromatic rings. The molecular formula is C23H19BrN2S. The molecule has 0 saturated carbocycles. The van der Waals surface area contributed by atoms with Crippen molar-refractivity contribution < 1.29 is 0 Å². The van der Waals surface area contributed by atoms with Gasteiger partial charge in [0.15, 0.2) is 4.80 Å². The van der Waals surface area contributed by atoms with Crippen LogP contribution in [0.1, 0.15) is 6.92 Å². The predicted molar refractivity (Wildman–Crippen MR) is 123 cm³/mol. The van der Waals surface area contributed by atoms with Crippen LogP contribution in [0, 0.1) is 0 Å². The molecule has 0 aliphatic rings. The van der Waals surface area contributed by atoms with E-state index in [4.69, 9.17) is 4.99 Å². The molecule has 0 bridgehead atoms. The van der Waals surface area contributed by atoms with Crippen molar-refractivity contribution >= 4 is 60.1 Å². The van der Waals surface area contributed by atoms with Crippen molar-refractivity contribution in [2.45, 2.75) is 6.92 Å². The minimum atomic E-state index is 0. The van der Waals surface area contributed by atoms with Crippen LogP contribution in [-0.4, -0.2) is 11.1 Å². The maximum absolute atomic E-state index is 4.82. The van der Waals surface area contributed by atoms with Crippen molar-refractivity contribution in [2.24, 2.45) is 4.99 Å². The normalized spacial score (nSPS) is 12.0. The van der Waals surface area contributed by atoms with E-state index >= 15 is 0 Å². The second-order valence-electron chi connectivity index (χ2n) is 6.30. The van der Waals surface area contributed by atoms with E-state index in [-0.39, 0.29) is 17.0 Å². The SMILES string of the molecule is Br.CCN=c1sc2c3ccccc3c3ccccc3c2n1-c1ccccc1. The fourth-order valence-electron chi connectivity index (χ4n) is 3.70. The van der Waals surface area contributed by atoms with Gasteiger partial charge in [0.2, 0.25) is 0 Å². The zero-order chi connectivity index (χ0) is 17.5. The first-order valence-corrected chi connectivity index (χ1v) is 9.71. The number of hydrogen-bond donors (Lipinski definition) is 0. The number of thiazole rings is 1. The molecule has 0 spiro atoms. The molecule has 2 nitrogen and oxygen atoms in total. The Morgan fingerprint density at radius 3 is 1.96 bits per heavy atom. The molecule has 0 atom stereocenters. The van der Waals surface area contributed by atoms with E-state index in [0.29, 0.717) is 0 Å². The first-order chi connectivity index (χ1) is 12.9. The average Bonchev–Trinajstić information content (AvgIpc) is 3.09. The number of halogens is 1. The van der Waals surface area contributed by atoms with E-state index in [0.717, 1.165) is 17.0 Å². The smallest absolute Gasteiger partial charge is 0.190 e. The lowest BCUT2D eigenvalue weighted by Gasteiger charge is -2.10. The van der Waals surface area contributed by atoms with Gasteiger partial charge in [0.25, 0.3) is 0 Å². The number of rotatable bonds is 2. The molecule has 5 rings (SSSR count). The molecule has 27 heavy (non-hydrogen) atoms. The van der Waals surface area contributed by atoms with Gasteiger partial charge < -0.3 is 0 Å². The molecule has 1 aromatic heterocycles. The quantitative estimate of drug-likeness (QED) is 0.282. The van der Waals surface area contributed by atoms with Crippen molar-refractivity contribution in [3.63, 3.8) is 0 Å². The predicted octanol–water partition coefficient (Wildman–Crippen LogP) is 6.50. The lowest BCUT2D eigenvalue weighted by atomic mass is 10.0. The van der Waals surface area contributed by atoms with E-state index < -0.39 is 0 Å². The van der Waals surface area contributed by atoms with Gasteiger partial charge in [-0.15, -0.1) is 17.0 Å². The summed E-state index contributed by atoms with van der Waals surface area (Å²) in [6, 6.07) is 27.9. The highest BCUT2D eigenvalue weighted by atomic mass is 79.9. The highest BCUT2D eigenvalue weighted by Gasteiger charge is 2.15. The minimum absolute atomic E-state index is 0. The van der Waals surface area contributed by atoms with Crippen LogP contribution in [-0.2, 0) is 0 Å². The Bertz CT molecular complexity index is 1320. The third-order valence-corrected chi connectivity index (χ3v) is 5.89. The molecule has 0 amide bonds. The lowest BCUT2D eigenvalue weighted by Crippen LogP contribution is -2.13. The fraction of sp³-hybridized carbons (Fsp3) is 0.0870. The largest absolute Gasteiger partial charge is 0.285 e. The summed E-state index contributed by atoms with van der Waals surface area (Å²) < 4.78 is 3.62. The average molecular weight is 435 g/mol. The van der Waals surface area contributed by atoms with Gasteiger partial charge in [-0.25, -0.2) is 0 Å². The number of hydrogen-bond acceptors (Lipinski definition) is 2. The Hall–Kier alpha value is -2.43. The molecular weight excluding hydrogens is 416 g/mol. The minimum Gasteiger partial charge on any atom is -0.285 e. The maximum atomic E-state index is 4.82. The maximum Gasteiger partial charge on any atom is 0.190 e. The summed E-state index contributed by atoms with van der Waals surface area (Å²) in [6.07, 6.45) is 0. The Labute approximate surface area is 172 Å². The van der Waals surface area contributed by atoms with E-state index in [1.165, 1.54) is 31.8 Å². The Kier molecular flexibility index (Phi) is 4.85. The number of fused-ring (bicyclic) bond motifs is 6. The van der Waals surface area contributed by atoms with Gasteiger partial charge in [-0.1, -0.05) is 78.1 Å². The summed E-state index contributed by atoms with van der Waals surface area (Å²) in [4.78, 5) is 5.87. The van der Waals surface area contributed by atoms with Crippen LogP contribution in [0.5, 0.6) is 0 Å². The van der Waals surface area contributed by atoms with Crippen LogP contribution in [0.4, 0.5) is 0 Å². The van der Waals surface area contributed by atoms with Gasteiger partial charge in [0.1, 0.15) is 0 Å². The topological polar surface area (TPSA) is 17.3 Å². The van der Waals surface area contributed by atoms with Gasteiger partial charge in [0, 0.05) is 23.0 Å². The van der Waals surface area contributed by atoms with E-state index in [1.54, 1.807) is 11.3 Å². The van der Waals surface area contributed by atoms with Crippen LogP contribution in [0.2, 0.25) is 0 Å². The Morgan fingerprint density at radius 1 is 0.741 bits per heavy atom. The van der Waals surface area contributed by atoms with E-state index in [2.05, 4.69) is 90.4 Å². The van der Waals surface area contributed by atoms with Crippen molar-refractivity contribution in [2.75, 3.05) is 6.54 Å². The lowest BCUT2D eigenvalue weighted by molar-refractivity contribution is 0.973. The molecule has 0 aliphatic heterocycles. The summed E-state index contributed by atoms with van der Waals surface area (Å²) in [6.45, 7) is 2.87. The van der Waals surface area contributed by atoms with Crippen molar-refractivity contribution in [1.29, 1.82) is 0 Å². The van der Waals surface area contributed by atoms with Crippen LogP contribution in [0.3, 0.4) is 0 Å². The second kappa shape index (κ2) is 7.29. The zero-order valence-corrected chi connectivity index (χ0v) is 17.5. The fourth-order valence-corrected chi connectivity index (χ4v) is 4.95. The third kappa shape index (κ3) is 2.80. The standard InChI is InChI=1S/C23H18N2S.BrH/c1-2-24-23-25(16-10-4-3-5-11-16)21-19-14-8-6-12-17(19)18-13-7-9-15-20(18)22(21)26-23;/h3-15H,2H2,1H3;1H. The molecule has 4 aromatic carbocycles. The molecule has 0 N–H and O–H groups in total. The molecule has 134 valence electrons. The van der Waals surface area contributed by atoms with Crippen LogP contribution >= 0.6 is 28.3 Å². The number of aromatic nitrogens is 1. The number of para-hydroxylation sites is 1. The van der Waals surface area contributed by atoms with Crippen LogP contribution < -0.4 is 4.80 Å². The third-order valence-electron chi connectivity index (χ3n) is 4.78. The highest BCUT2D eigenvalue weighted by Crippen LogP contribution is 2.37. The second-order valence-corrected chi connectivity index (χ2v) is 7.28.